The summed E-state index contributed by atoms with van der Waals surface area (Å²) in [5, 5.41) is 12.6. The molecule has 4 aromatic carbocycles. The third-order valence-electron chi connectivity index (χ3n) is 8.84. The van der Waals surface area contributed by atoms with E-state index in [-0.39, 0.29) is 31.2 Å². The second-order valence-corrected chi connectivity index (χ2v) is 22.3. The van der Waals surface area contributed by atoms with E-state index in [0.29, 0.717) is 44.2 Å². The van der Waals surface area contributed by atoms with E-state index in [9.17, 15) is 18.3 Å². The molecule has 1 amide bonds. The molecule has 0 radical (unpaired) electrons. The van der Waals surface area contributed by atoms with Crippen molar-refractivity contribution >= 4 is 119 Å². The zero-order valence-corrected chi connectivity index (χ0v) is 48.4. The normalized spacial score (nSPS) is 17.8. The molecule has 3 fully saturated rings. The molecule has 4 atom stereocenters. The summed E-state index contributed by atoms with van der Waals surface area (Å²) in [6.07, 6.45) is 2.48. The largest absolute Gasteiger partial charge is 0.444 e. The van der Waals surface area contributed by atoms with Crippen LogP contribution < -0.4 is 11.1 Å². The lowest BCUT2D eigenvalue weighted by atomic mass is 10.1. The third kappa shape index (κ3) is 32.7. The Morgan fingerprint density at radius 2 is 1.21 bits per heavy atom. The van der Waals surface area contributed by atoms with Gasteiger partial charge in [-0.05, 0) is 111 Å². The molecule has 0 aromatic heterocycles. The molecule has 5 N–H and O–H groups in total. The van der Waals surface area contributed by atoms with E-state index in [0.717, 1.165) is 67.1 Å². The van der Waals surface area contributed by atoms with Crippen LogP contribution in [-0.2, 0) is 52.8 Å². The van der Waals surface area contributed by atoms with E-state index in [1.54, 1.807) is 4.90 Å². The van der Waals surface area contributed by atoms with E-state index in [1.807, 2.05) is 81.4 Å². The van der Waals surface area contributed by atoms with Crippen LogP contribution in [0.1, 0.15) is 37.5 Å². The van der Waals surface area contributed by atoms with Crippen LogP contribution in [0.25, 0.3) is 0 Å². The van der Waals surface area contributed by atoms with Gasteiger partial charge >= 0.3 is 16.5 Å². The van der Waals surface area contributed by atoms with Gasteiger partial charge in [0.2, 0.25) is 0 Å². The third-order valence-corrected chi connectivity index (χ3v) is 12.6. The average molecular weight is 1330 g/mol. The van der Waals surface area contributed by atoms with Crippen LogP contribution in [0.5, 0.6) is 0 Å². The fourth-order valence-electron chi connectivity index (χ4n) is 5.54. The molecule has 21 heteroatoms. The number of halogens is 7. The van der Waals surface area contributed by atoms with Crippen molar-refractivity contribution in [3.05, 3.63) is 136 Å². The Labute approximate surface area is 454 Å². The summed E-state index contributed by atoms with van der Waals surface area (Å²) in [6, 6.07) is 32.4. The van der Waals surface area contributed by atoms with Gasteiger partial charge in [0.15, 0.2) is 0 Å². The van der Waals surface area contributed by atoms with E-state index >= 15 is 0 Å². The number of rotatable bonds is 11. The first-order valence-corrected chi connectivity index (χ1v) is 27.9. The minimum atomic E-state index is -4.27. The maximum Gasteiger partial charge on any atom is 0.410 e. The molecule has 0 aliphatic carbocycles. The lowest BCUT2D eigenvalue weighted by Gasteiger charge is -2.34. The molecule has 7 rings (SSSR count). The number of nitrogens with two attached hydrogens (primary N) is 1. The smallest absolute Gasteiger partial charge is 0.410 e. The quantitative estimate of drug-likeness (QED) is 0.0635. The highest BCUT2D eigenvalue weighted by Crippen LogP contribution is 2.19. The zero-order chi connectivity index (χ0) is 50.5. The van der Waals surface area contributed by atoms with Crippen molar-refractivity contribution < 1.29 is 46.0 Å². The molecule has 0 spiro atoms. The Bertz CT molecular complexity index is 2050. The first-order chi connectivity index (χ1) is 32.2. The predicted octanol–water partition coefficient (Wildman–Crippen LogP) is 10.8. The molecule has 0 saturated carbocycles. The number of nitrogens with zero attached hydrogens (tertiary/aromatic N) is 1. The number of hydrogen-bond acceptors (Lipinski definition) is 11. The van der Waals surface area contributed by atoms with Gasteiger partial charge in [0.25, 0.3) is 0 Å². The Balaban J connectivity index is 0.000000297. The molecule has 3 aliphatic heterocycles. The van der Waals surface area contributed by atoms with Crippen LogP contribution >= 0.6 is 103 Å². The average Bonchev–Trinajstić information content (AvgIpc) is 4.15. The lowest BCUT2D eigenvalue weighted by Crippen LogP contribution is -2.48. The van der Waals surface area contributed by atoms with Gasteiger partial charge < -0.3 is 40.0 Å². The van der Waals surface area contributed by atoms with Crippen molar-refractivity contribution in [2.24, 2.45) is 5.73 Å². The number of ether oxygens (including phenoxy) is 4. The fraction of sp³-hybridized carbons (Fsp3) is 0.468. The summed E-state index contributed by atoms with van der Waals surface area (Å²) in [7, 11) is -4.27. The van der Waals surface area contributed by atoms with Gasteiger partial charge in [-0.3, -0.25) is 4.55 Å². The van der Waals surface area contributed by atoms with E-state index in [2.05, 4.69) is 126 Å². The number of aliphatic hydroxyl groups excluding tert-OH is 1. The Morgan fingerprint density at radius 1 is 0.765 bits per heavy atom. The number of nitrogens with one attached hydrogen (secondary N) is 1. The van der Waals surface area contributed by atoms with Crippen LogP contribution in [0.2, 0.25) is 0 Å². The number of aliphatic hydroxyl groups is 1. The number of carbonyl (C=O) groups excluding carboxylic acids is 1. The maximum absolute atomic E-state index is 12.1. The summed E-state index contributed by atoms with van der Waals surface area (Å²) in [6.45, 7) is 10.9. The van der Waals surface area contributed by atoms with E-state index in [1.165, 1.54) is 11.1 Å². The maximum atomic E-state index is 12.1. The van der Waals surface area contributed by atoms with Gasteiger partial charge in [-0.15, -0.1) is 23.2 Å². The van der Waals surface area contributed by atoms with Gasteiger partial charge in [-0.25, -0.2) is 8.98 Å². The highest BCUT2D eigenvalue weighted by atomic mass is 79.9. The minimum absolute atomic E-state index is 0.0208. The standard InChI is InChI=1S/C16H22BrNO3.C11H14BrNO.C9H10BrClO.C6H4Br2.C3H5ClO.C2H7NO4S/c1-16(2,3)21-15(19)18-8-9-20-14(11-18)10-12-4-6-13(17)7-5-12;12-10-3-1-9(2-4-10)7-11-8-13-5-6-14-11;10-8-3-1-7(2-4-8)5-9(12)6-11;7-5-1-2-6(8)4-3-5;4-1-3-2-5-3;3-1-2-7-8(4,5)6/h4-7,14H,8-11H2,1-3H3;1-4,11,13H,5-8H2;1-4,9,12H,5-6H2;1-4H;3H,1-2H2;1-3H2,(H,4,5,6)/t14-;11-;9-;;3-;/m111.0./s1. The van der Waals surface area contributed by atoms with Crippen molar-refractivity contribution in [2.45, 2.75) is 70.1 Å². The first-order valence-electron chi connectivity index (χ1n) is 21.5. The summed E-state index contributed by atoms with van der Waals surface area (Å²) in [4.78, 5) is 13.8. The second kappa shape index (κ2) is 35.0. The van der Waals surface area contributed by atoms with Crippen molar-refractivity contribution in [2.75, 3.05) is 70.9 Å². The molecule has 3 aliphatic rings. The van der Waals surface area contributed by atoms with Gasteiger partial charge in [0.1, 0.15) is 5.60 Å². The monoisotopic (exact) mass is 1320 g/mol. The van der Waals surface area contributed by atoms with Crippen molar-refractivity contribution in [3.8, 4) is 0 Å². The van der Waals surface area contributed by atoms with E-state index < -0.39 is 22.1 Å². The molecular weight excluding hydrogens is 1270 g/mol. The first kappa shape index (κ1) is 62.9. The van der Waals surface area contributed by atoms with E-state index in [4.69, 9.17) is 52.4 Å². The highest BCUT2D eigenvalue weighted by molar-refractivity contribution is 9.11. The molecule has 0 bridgehead atoms. The van der Waals surface area contributed by atoms with Gasteiger partial charge in [-0.2, -0.15) is 8.42 Å². The zero-order valence-electron chi connectivity index (χ0n) is 38.2. The fourth-order valence-corrected chi connectivity index (χ4v) is 7.46. The minimum Gasteiger partial charge on any atom is -0.444 e. The van der Waals surface area contributed by atoms with Gasteiger partial charge in [-0.1, -0.05) is 116 Å². The van der Waals surface area contributed by atoms with Crippen LogP contribution in [0.4, 0.5) is 4.79 Å². The Kier molecular flexibility index (Phi) is 32.4. The van der Waals surface area contributed by atoms with Crippen LogP contribution in [0.3, 0.4) is 0 Å². The number of carbonyl (C=O) groups is 1. The summed E-state index contributed by atoms with van der Waals surface area (Å²) < 4.78 is 58.0. The molecule has 13 nitrogen and oxygen atoms in total. The second-order valence-electron chi connectivity index (χ2n) is 16.0. The number of morpholine rings is 2. The number of amides is 1. The SMILES string of the molecule is Brc1ccc(Br)cc1.Brc1ccc(C[C@@H]2CNCCO2)cc1.CC(C)(C)OC(=O)N1CCO[C@H](Cc2ccc(Br)cc2)C1.ClC[C@H]1CO1.NCCOS(=O)(=O)O.O[C@@H](CCl)Cc1ccc(Br)cc1. The summed E-state index contributed by atoms with van der Waals surface area (Å²) in [5.41, 5.74) is 8.01. The number of epoxide rings is 1. The molecule has 3 heterocycles. The summed E-state index contributed by atoms with van der Waals surface area (Å²) >= 11 is 27.6. The van der Waals surface area contributed by atoms with Gasteiger partial charge in [0, 0.05) is 60.8 Å². The van der Waals surface area contributed by atoms with Crippen LogP contribution in [-0.4, -0.2) is 130 Å². The van der Waals surface area contributed by atoms with Crippen LogP contribution in [0, 0.1) is 0 Å². The highest BCUT2D eigenvalue weighted by Gasteiger charge is 2.28. The van der Waals surface area contributed by atoms with Crippen molar-refractivity contribution in [1.82, 2.24) is 10.2 Å². The van der Waals surface area contributed by atoms with Crippen LogP contribution in [0.15, 0.2) is 119 Å². The predicted molar refractivity (Wildman–Crippen MR) is 289 cm³/mol. The van der Waals surface area contributed by atoms with Gasteiger partial charge in [0.05, 0.1) is 63.3 Å². The number of alkyl halides is 2. The molecule has 4 aromatic rings. The molecule has 380 valence electrons. The molecule has 0 unspecified atom stereocenters. The number of benzene rings is 4. The lowest BCUT2D eigenvalue weighted by molar-refractivity contribution is -0.0415. The molecule has 3 saturated heterocycles. The Hall–Kier alpha value is -1.24. The molecule has 68 heavy (non-hydrogen) atoms. The topological polar surface area (TPSA) is 182 Å². The molecular formula is C47H62Br5Cl2N3O10S. The summed E-state index contributed by atoms with van der Waals surface area (Å²) in [5.74, 6) is 0.954. The number of hydrogen-bond donors (Lipinski definition) is 4. The Morgan fingerprint density at radius 3 is 1.56 bits per heavy atom. The van der Waals surface area contributed by atoms with Crippen molar-refractivity contribution in [3.63, 3.8) is 0 Å². The van der Waals surface area contributed by atoms with Crippen molar-refractivity contribution in [1.29, 1.82) is 0 Å².